The Morgan fingerprint density at radius 1 is 1.24 bits per heavy atom. The Morgan fingerprint density at radius 3 is 2.84 bits per heavy atom. The molecule has 2 heterocycles. The van der Waals surface area contributed by atoms with E-state index >= 15 is 0 Å². The van der Waals surface area contributed by atoms with Crippen molar-refractivity contribution < 1.29 is 13.9 Å². The summed E-state index contributed by atoms with van der Waals surface area (Å²) >= 11 is 0. The minimum atomic E-state index is -0.211. The summed E-state index contributed by atoms with van der Waals surface area (Å²) in [5.41, 5.74) is 2.04. The van der Waals surface area contributed by atoms with E-state index in [9.17, 15) is 9.18 Å². The Bertz CT molecular complexity index is 777. The van der Waals surface area contributed by atoms with E-state index < -0.39 is 0 Å². The van der Waals surface area contributed by atoms with Crippen LogP contribution in [0.2, 0.25) is 0 Å². The molecule has 1 saturated carbocycles. The SMILES string of the molecule is O=C(N[C@@H]1C[C@H]1c1ccccc1F)c1cc(N2CCOCC2)ccn1. The Labute approximate surface area is 145 Å². The largest absolute Gasteiger partial charge is 0.378 e. The lowest BCUT2D eigenvalue weighted by Crippen LogP contribution is -2.36. The summed E-state index contributed by atoms with van der Waals surface area (Å²) in [5.74, 6) is -0.372. The first-order valence-electron chi connectivity index (χ1n) is 8.56. The molecule has 6 heteroatoms. The Kier molecular flexibility index (Phi) is 4.36. The van der Waals surface area contributed by atoms with Crippen LogP contribution in [0.1, 0.15) is 28.4 Å². The fourth-order valence-corrected chi connectivity index (χ4v) is 3.28. The maximum Gasteiger partial charge on any atom is 0.270 e. The first-order valence-corrected chi connectivity index (χ1v) is 8.56. The highest BCUT2D eigenvalue weighted by Crippen LogP contribution is 2.41. The third-order valence-corrected chi connectivity index (χ3v) is 4.76. The number of carbonyl (C=O) groups is 1. The van der Waals surface area contributed by atoms with Gasteiger partial charge in [0.15, 0.2) is 0 Å². The molecule has 5 nitrogen and oxygen atoms in total. The third-order valence-electron chi connectivity index (χ3n) is 4.76. The van der Waals surface area contributed by atoms with Crippen molar-refractivity contribution in [2.45, 2.75) is 18.4 Å². The second kappa shape index (κ2) is 6.80. The van der Waals surface area contributed by atoms with Crippen molar-refractivity contribution in [1.29, 1.82) is 0 Å². The predicted molar refractivity (Wildman–Crippen MR) is 92.3 cm³/mol. The average molecular weight is 341 g/mol. The summed E-state index contributed by atoms with van der Waals surface area (Å²) in [6.07, 6.45) is 2.41. The van der Waals surface area contributed by atoms with Gasteiger partial charge in [-0.3, -0.25) is 9.78 Å². The maximum absolute atomic E-state index is 13.8. The number of nitrogens with zero attached hydrogens (tertiary/aromatic N) is 2. The zero-order valence-corrected chi connectivity index (χ0v) is 13.8. The molecule has 0 spiro atoms. The molecule has 2 atom stereocenters. The number of hydrogen-bond acceptors (Lipinski definition) is 4. The zero-order chi connectivity index (χ0) is 17.2. The van der Waals surface area contributed by atoms with Crippen LogP contribution in [0.5, 0.6) is 0 Å². The number of morpholine rings is 1. The van der Waals surface area contributed by atoms with E-state index in [1.807, 2.05) is 12.1 Å². The lowest BCUT2D eigenvalue weighted by molar-refractivity contribution is 0.0945. The van der Waals surface area contributed by atoms with Gasteiger partial charge in [-0.1, -0.05) is 18.2 Å². The summed E-state index contributed by atoms with van der Waals surface area (Å²) in [6, 6.07) is 10.4. The van der Waals surface area contributed by atoms with Crippen molar-refractivity contribution in [3.8, 4) is 0 Å². The molecule has 2 aromatic rings. The molecule has 0 unspecified atom stereocenters. The van der Waals surface area contributed by atoms with Gasteiger partial charge in [0.2, 0.25) is 0 Å². The zero-order valence-electron chi connectivity index (χ0n) is 13.8. The molecular formula is C19H20FN3O2. The quantitative estimate of drug-likeness (QED) is 0.927. The van der Waals surface area contributed by atoms with Crippen molar-refractivity contribution in [2.24, 2.45) is 0 Å². The summed E-state index contributed by atoms with van der Waals surface area (Å²) < 4.78 is 19.2. The number of aromatic nitrogens is 1. The molecule has 1 aliphatic carbocycles. The van der Waals surface area contributed by atoms with Crippen molar-refractivity contribution in [1.82, 2.24) is 10.3 Å². The van der Waals surface area contributed by atoms with E-state index in [2.05, 4.69) is 15.2 Å². The Hall–Kier alpha value is -2.47. The number of amides is 1. The van der Waals surface area contributed by atoms with Crippen LogP contribution in [0, 0.1) is 5.82 Å². The van der Waals surface area contributed by atoms with E-state index in [4.69, 9.17) is 4.74 Å². The molecule has 1 aromatic carbocycles. The van der Waals surface area contributed by atoms with Crippen LogP contribution in [0.25, 0.3) is 0 Å². The van der Waals surface area contributed by atoms with Crippen LogP contribution in [-0.2, 0) is 4.74 Å². The maximum atomic E-state index is 13.8. The van der Waals surface area contributed by atoms with Crippen molar-refractivity contribution in [2.75, 3.05) is 31.2 Å². The number of halogens is 1. The molecule has 1 aliphatic heterocycles. The summed E-state index contributed by atoms with van der Waals surface area (Å²) in [7, 11) is 0. The van der Waals surface area contributed by atoms with Crippen LogP contribution in [0.15, 0.2) is 42.6 Å². The van der Waals surface area contributed by atoms with Crippen LogP contribution in [0.4, 0.5) is 10.1 Å². The lowest BCUT2D eigenvalue weighted by atomic mass is 10.1. The normalized spacial score (nSPS) is 22.5. The fraction of sp³-hybridized carbons (Fsp3) is 0.368. The van der Waals surface area contributed by atoms with Crippen molar-refractivity contribution in [3.05, 3.63) is 59.7 Å². The standard InChI is InChI=1S/C19H20FN3O2/c20-16-4-2-1-3-14(16)15-12-17(15)22-19(24)18-11-13(5-6-21-18)23-7-9-25-10-8-23/h1-6,11,15,17H,7-10,12H2,(H,22,24)/t15-,17+/m0/s1. The molecule has 130 valence electrons. The van der Waals surface area contributed by atoms with Crippen molar-refractivity contribution >= 4 is 11.6 Å². The van der Waals surface area contributed by atoms with Gasteiger partial charge in [-0.25, -0.2) is 4.39 Å². The molecule has 1 saturated heterocycles. The molecule has 2 aliphatic rings. The minimum absolute atomic E-state index is 0.0294. The molecule has 1 amide bonds. The van der Waals surface area contributed by atoms with Crippen LogP contribution in [0.3, 0.4) is 0 Å². The fourth-order valence-electron chi connectivity index (χ4n) is 3.28. The number of rotatable bonds is 4. The topological polar surface area (TPSA) is 54.5 Å². The number of carbonyl (C=O) groups excluding carboxylic acids is 1. The predicted octanol–water partition coefficient (Wildman–Crippen LogP) is 2.34. The molecular weight excluding hydrogens is 321 g/mol. The van der Waals surface area contributed by atoms with Gasteiger partial charge in [-0.05, 0) is 30.2 Å². The minimum Gasteiger partial charge on any atom is -0.378 e. The number of pyridine rings is 1. The smallest absolute Gasteiger partial charge is 0.270 e. The molecule has 1 aromatic heterocycles. The first-order chi connectivity index (χ1) is 12.2. The highest BCUT2D eigenvalue weighted by atomic mass is 19.1. The second-order valence-corrected chi connectivity index (χ2v) is 6.44. The Morgan fingerprint density at radius 2 is 2.04 bits per heavy atom. The average Bonchev–Trinajstić information content (AvgIpc) is 3.42. The number of anilines is 1. The van der Waals surface area contributed by atoms with Gasteiger partial charge in [-0.2, -0.15) is 0 Å². The van der Waals surface area contributed by atoms with E-state index in [0.29, 0.717) is 24.5 Å². The number of hydrogen-bond donors (Lipinski definition) is 1. The molecule has 1 N–H and O–H groups in total. The molecule has 0 bridgehead atoms. The van der Waals surface area contributed by atoms with Gasteiger partial charge in [0.1, 0.15) is 11.5 Å². The highest BCUT2D eigenvalue weighted by Gasteiger charge is 2.41. The second-order valence-electron chi connectivity index (χ2n) is 6.44. The van der Waals surface area contributed by atoms with Gasteiger partial charge in [0.05, 0.1) is 13.2 Å². The van der Waals surface area contributed by atoms with E-state index in [1.165, 1.54) is 6.07 Å². The van der Waals surface area contributed by atoms with E-state index in [0.717, 1.165) is 25.2 Å². The molecule has 25 heavy (non-hydrogen) atoms. The highest BCUT2D eigenvalue weighted by molar-refractivity contribution is 5.93. The lowest BCUT2D eigenvalue weighted by Gasteiger charge is -2.28. The molecule has 0 radical (unpaired) electrons. The summed E-state index contributed by atoms with van der Waals surface area (Å²) in [6.45, 7) is 3.00. The van der Waals surface area contributed by atoms with Crippen molar-refractivity contribution in [3.63, 3.8) is 0 Å². The Balaban J connectivity index is 1.41. The molecule has 2 fully saturated rings. The van der Waals surface area contributed by atoms with Crippen LogP contribution < -0.4 is 10.2 Å². The summed E-state index contributed by atoms with van der Waals surface area (Å²) in [5, 5.41) is 2.96. The van der Waals surface area contributed by atoms with E-state index in [1.54, 1.807) is 24.4 Å². The summed E-state index contributed by atoms with van der Waals surface area (Å²) in [4.78, 5) is 18.8. The van der Waals surface area contributed by atoms with E-state index in [-0.39, 0.29) is 23.7 Å². The number of ether oxygens (including phenoxy) is 1. The first kappa shape index (κ1) is 16.0. The number of nitrogens with one attached hydrogen (secondary N) is 1. The van der Waals surface area contributed by atoms with Gasteiger partial charge in [0, 0.05) is 36.9 Å². The van der Waals surface area contributed by atoms with Crippen LogP contribution >= 0.6 is 0 Å². The van der Waals surface area contributed by atoms with Crippen LogP contribution in [-0.4, -0.2) is 43.2 Å². The third kappa shape index (κ3) is 3.49. The van der Waals surface area contributed by atoms with Gasteiger partial charge < -0.3 is 15.0 Å². The van der Waals surface area contributed by atoms with Gasteiger partial charge in [0.25, 0.3) is 5.91 Å². The molecule has 4 rings (SSSR count). The monoisotopic (exact) mass is 341 g/mol. The van der Waals surface area contributed by atoms with Gasteiger partial charge >= 0.3 is 0 Å². The van der Waals surface area contributed by atoms with Gasteiger partial charge in [-0.15, -0.1) is 0 Å². The number of benzene rings is 1.